The molecule has 1 unspecified atom stereocenters. The molecule has 1 atom stereocenters. The maximum atomic E-state index is 12.1. The fourth-order valence-corrected chi connectivity index (χ4v) is 2.68. The molecule has 0 spiro atoms. The fourth-order valence-electron chi connectivity index (χ4n) is 1.69. The molecule has 21 heavy (non-hydrogen) atoms. The number of aliphatic carboxylic acids is 1. The molecule has 0 aliphatic heterocycles. The van der Waals surface area contributed by atoms with Crippen molar-refractivity contribution in [1.82, 2.24) is 10.3 Å². The smallest absolute Gasteiger partial charge is 0.328 e. The van der Waals surface area contributed by atoms with Gasteiger partial charge in [-0.3, -0.25) is 9.78 Å². The van der Waals surface area contributed by atoms with E-state index in [4.69, 9.17) is 5.11 Å². The summed E-state index contributed by atoms with van der Waals surface area (Å²) in [5.74, 6) is -1.89. The number of carbonyl (C=O) groups excluding carboxylic acids is 1. The lowest BCUT2D eigenvalue weighted by Gasteiger charge is -2.13. The highest BCUT2D eigenvalue weighted by atomic mass is 32.2. The Morgan fingerprint density at radius 1 is 1.48 bits per heavy atom. The minimum atomic E-state index is -3.21. The van der Waals surface area contributed by atoms with Crippen LogP contribution in [0.4, 0.5) is 0 Å². The zero-order valence-corrected chi connectivity index (χ0v) is 12.4. The van der Waals surface area contributed by atoms with Gasteiger partial charge in [0.05, 0.1) is 5.75 Å². The van der Waals surface area contributed by atoms with E-state index >= 15 is 0 Å². The Hall–Kier alpha value is -2.22. The van der Waals surface area contributed by atoms with Crippen LogP contribution in [-0.4, -0.2) is 48.4 Å². The van der Waals surface area contributed by atoms with Gasteiger partial charge in [0.15, 0.2) is 0 Å². The molecular formula is C13H16N2O5S. The van der Waals surface area contributed by atoms with E-state index < -0.39 is 27.8 Å². The molecule has 0 saturated heterocycles. The first-order valence-corrected chi connectivity index (χ1v) is 8.09. The number of nitrogens with zero attached hydrogens (tertiary/aromatic N) is 1. The summed E-state index contributed by atoms with van der Waals surface area (Å²) in [6, 6.07) is 2.53. The van der Waals surface area contributed by atoms with Gasteiger partial charge in [-0.2, -0.15) is 0 Å². The third kappa shape index (κ3) is 6.17. The van der Waals surface area contributed by atoms with Gasteiger partial charge in [-0.05, 0) is 19.1 Å². The molecule has 7 nitrogen and oxygen atoms in total. The van der Waals surface area contributed by atoms with Gasteiger partial charge >= 0.3 is 5.97 Å². The molecular weight excluding hydrogens is 296 g/mol. The quantitative estimate of drug-likeness (QED) is 0.732. The van der Waals surface area contributed by atoms with Crippen LogP contribution in [0.1, 0.15) is 23.0 Å². The van der Waals surface area contributed by atoms with Gasteiger partial charge < -0.3 is 10.4 Å². The van der Waals surface area contributed by atoms with Crippen LogP contribution >= 0.6 is 0 Å². The van der Waals surface area contributed by atoms with Crippen LogP contribution in [0.5, 0.6) is 0 Å². The minimum absolute atomic E-state index is 0.0374. The Bertz CT molecular complexity index is 667. The van der Waals surface area contributed by atoms with Gasteiger partial charge in [0, 0.05) is 30.1 Å². The van der Waals surface area contributed by atoms with Crippen molar-refractivity contribution >= 4 is 27.8 Å². The van der Waals surface area contributed by atoms with E-state index in [-0.39, 0.29) is 11.4 Å². The lowest BCUT2D eigenvalue weighted by molar-refractivity contribution is -0.131. The van der Waals surface area contributed by atoms with Crippen molar-refractivity contribution in [3.63, 3.8) is 0 Å². The van der Waals surface area contributed by atoms with E-state index in [2.05, 4.69) is 10.3 Å². The number of hydrogen-bond acceptors (Lipinski definition) is 5. The lowest BCUT2D eigenvalue weighted by Crippen LogP contribution is -2.38. The van der Waals surface area contributed by atoms with Crippen LogP contribution in [-0.2, 0) is 14.6 Å². The summed E-state index contributed by atoms with van der Waals surface area (Å²) >= 11 is 0. The molecule has 1 rings (SSSR count). The Morgan fingerprint density at radius 2 is 2.14 bits per heavy atom. The maximum absolute atomic E-state index is 12.1. The minimum Gasteiger partial charge on any atom is -0.478 e. The summed E-state index contributed by atoms with van der Waals surface area (Å²) in [6.45, 7) is 1.56. The molecule has 2 N–H and O–H groups in total. The van der Waals surface area contributed by atoms with Crippen LogP contribution in [0.3, 0.4) is 0 Å². The highest BCUT2D eigenvalue weighted by molar-refractivity contribution is 7.90. The maximum Gasteiger partial charge on any atom is 0.328 e. The van der Waals surface area contributed by atoms with Crippen molar-refractivity contribution in [2.75, 3.05) is 12.0 Å². The predicted octanol–water partition coefficient (Wildman–Crippen LogP) is 0.342. The number of rotatable bonds is 6. The average molecular weight is 312 g/mol. The number of pyridine rings is 1. The summed E-state index contributed by atoms with van der Waals surface area (Å²) in [5.41, 5.74) is 0.374. The lowest BCUT2D eigenvalue weighted by atomic mass is 10.1. The highest BCUT2D eigenvalue weighted by Gasteiger charge is 2.17. The van der Waals surface area contributed by atoms with Gasteiger partial charge in [-0.25, -0.2) is 13.2 Å². The zero-order chi connectivity index (χ0) is 16.0. The number of carboxylic acid groups (broad SMARTS) is 1. The Morgan fingerprint density at radius 3 is 2.71 bits per heavy atom. The molecule has 8 heteroatoms. The summed E-state index contributed by atoms with van der Waals surface area (Å²) < 4.78 is 22.3. The number of sulfone groups is 1. The van der Waals surface area contributed by atoms with E-state index in [1.807, 2.05) is 0 Å². The van der Waals surface area contributed by atoms with Gasteiger partial charge in [0.25, 0.3) is 5.91 Å². The summed E-state index contributed by atoms with van der Waals surface area (Å²) in [4.78, 5) is 26.5. The number of amides is 1. The molecule has 0 aliphatic carbocycles. The summed E-state index contributed by atoms with van der Waals surface area (Å²) in [5, 5.41) is 11.1. The summed E-state index contributed by atoms with van der Waals surface area (Å²) in [7, 11) is -3.21. The topological polar surface area (TPSA) is 113 Å². The van der Waals surface area contributed by atoms with E-state index in [1.54, 1.807) is 19.1 Å². The SMILES string of the molecule is CC(CS(C)(=O)=O)NC(=O)c1ncccc1/C=C/C(=O)O. The number of nitrogens with one attached hydrogen (secondary N) is 1. The fraction of sp³-hybridized carbons (Fsp3) is 0.308. The molecule has 0 radical (unpaired) electrons. The van der Waals surface area contributed by atoms with Crippen molar-refractivity contribution in [3.05, 3.63) is 35.7 Å². The molecule has 0 bridgehead atoms. The van der Waals surface area contributed by atoms with Crippen molar-refractivity contribution in [1.29, 1.82) is 0 Å². The van der Waals surface area contributed by atoms with Crippen LogP contribution in [0.15, 0.2) is 24.4 Å². The first-order valence-electron chi connectivity index (χ1n) is 6.03. The van der Waals surface area contributed by atoms with E-state index in [0.717, 1.165) is 12.3 Å². The molecule has 0 fully saturated rings. The molecule has 114 valence electrons. The van der Waals surface area contributed by atoms with Gasteiger partial charge in [0.1, 0.15) is 15.5 Å². The van der Waals surface area contributed by atoms with Crippen LogP contribution in [0, 0.1) is 0 Å². The Balaban J connectivity index is 2.90. The third-order valence-electron chi connectivity index (χ3n) is 2.39. The van der Waals surface area contributed by atoms with Crippen molar-refractivity contribution in [3.8, 4) is 0 Å². The van der Waals surface area contributed by atoms with E-state index in [9.17, 15) is 18.0 Å². The Kier molecular flexibility index (Phi) is 5.60. The van der Waals surface area contributed by atoms with Crippen LogP contribution in [0.2, 0.25) is 0 Å². The van der Waals surface area contributed by atoms with Crippen molar-refractivity contribution < 1.29 is 23.1 Å². The molecule has 0 aliphatic rings. The third-order valence-corrected chi connectivity index (χ3v) is 3.50. The average Bonchev–Trinajstić information content (AvgIpc) is 2.34. The van der Waals surface area contributed by atoms with Crippen molar-refractivity contribution in [2.24, 2.45) is 0 Å². The standard InChI is InChI=1S/C13H16N2O5S/c1-9(8-21(2,19)20)15-13(18)12-10(4-3-7-14-12)5-6-11(16)17/h3-7,9H,8H2,1-2H3,(H,15,18)(H,16,17)/b6-5+. The van der Waals surface area contributed by atoms with Gasteiger partial charge in [-0.1, -0.05) is 6.07 Å². The molecule has 0 saturated carbocycles. The van der Waals surface area contributed by atoms with Gasteiger partial charge in [-0.15, -0.1) is 0 Å². The second-order valence-electron chi connectivity index (χ2n) is 4.58. The van der Waals surface area contributed by atoms with Crippen LogP contribution < -0.4 is 5.32 Å². The highest BCUT2D eigenvalue weighted by Crippen LogP contribution is 2.08. The second-order valence-corrected chi connectivity index (χ2v) is 6.76. The van der Waals surface area contributed by atoms with E-state index in [1.165, 1.54) is 12.3 Å². The number of aromatic nitrogens is 1. The largest absolute Gasteiger partial charge is 0.478 e. The first-order chi connectivity index (χ1) is 9.69. The normalized spacial score (nSPS) is 13.0. The molecule has 1 amide bonds. The summed E-state index contributed by atoms with van der Waals surface area (Å²) in [6.07, 6.45) is 4.63. The number of carbonyl (C=O) groups is 2. The monoisotopic (exact) mass is 312 g/mol. The molecule has 1 aromatic rings. The van der Waals surface area contributed by atoms with Crippen molar-refractivity contribution in [2.45, 2.75) is 13.0 Å². The molecule has 0 aromatic carbocycles. The van der Waals surface area contributed by atoms with Gasteiger partial charge in [0.2, 0.25) is 0 Å². The first kappa shape index (κ1) is 16.8. The second kappa shape index (κ2) is 6.98. The Labute approximate surface area is 122 Å². The van der Waals surface area contributed by atoms with E-state index in [0.29, 0.717) is 5.56 Å². The zero-order valence-electron chi connectivity index (χ0n) is 11.6. The molecule has 1 aromatic heterocycles. The molecule has 1 heterocycles. The number of carboxylic acids is 1. The number of hydrogen-bond donors (Lipinski definition) is 2. The predicted molar refractivity (Wildman–Crippen MR) is 77.5 cm³/mol. The van der Waals surface area contributed by atoms with Crippen LogP contribution in [0.25, 0.3) is 6.08 Å².